The number of hydrogen-bond donors (Lipinski definition) is 1. The molecule has 2 rings (SSSR count). The van der Waals surface area contributed by atoms with Crippen LogP contribution in [0, 0.1) is 5.92 Å². The number of piperidine rings is 1. The van der Waals surface area contributed by atoms with E-state index in [2.05, 4.69) is 12.2 Å². The second kappa shape index (κ2) is 4.58. The Bertz CT molecular complexity index is 324. The van der Waals surface area contributed by atoms with Crippen LogP contribution in [-0.2, 0) is 0 Å². The Hall–Kier alpha value is -0.480. The van der Waals surface area contributed by atoms with Gasteiger partial charge in [0.2, 0.25) is 0 Å². The molecule has 84 valence electrons. The fourth-order valence-corrected chi connectivity index (χ4v) is 3.02. The zero-order valence-electron chi connectivity index (χ0n) is 8.67. The van der Waals surface area contributed by atoms with Gasteiger partial charge in [-0.3, -0.25) is 0 Å². The van der Waals surface area contributed by atoms with E-state index < -0.39 is 6.43 Å². The Morgan fingerprint density at radius 1 is 1.47 bits per heavy atom. The third kappa shape index (κ3) is 2.37. The van der Waals surface area contributed by atoms with Crippen molar-refractivity contribution in [3.63, 3.8) is 0 Å². The van der Waals surface area contributed by atoms with Crippen LogP contribution in [0.1, 0.15) is 43.4 Å². The average molecular weight is 231 g/mol. The van der Waals surface area contributed by atoms with Crippen LogP contribution < -0.4 is 5.32 Å². The maximum Gasteiger partial charge on any atom is 0.264 e. The molecule has 0 radical (unpaired) electrons. The summed E-state index contributed by atoms with van der Waals surface area (Å²) in [5.41, 5.74) is 1.02. The predicted molar refractivity (Wildman–Crippen MR) is 58.4 cm³/mol. The standard InChI is InChI=1S/C11H15F2NS/c1-7-2-3-14-10(4-7)8-5-15-6-9(8)11(12)13/h5-7,10-11,14H,2-4H2,1H3. The van der Waals surface area contributed by atoms with Crippen LogP contribution in [0.4, 0.5) is 8.78 Å². The van der Waals surface area contributed by atoms with Gasteiger partial charge in [0.25, 0.3) is 6.43 Å². The van der Waals surface area contributed by atoms with E-state index in [1.807, 2.05) is 5.38 Å². The molecule has 1 N–H and O–H groups in total. The summed E-state index contributed by atoms with van der Waals surface area (Å²) in [6.07, 6.45) is -0.230. The largest absolute Gasteiger partial charge is 0.310 e. The maximum atomic E-state index is 12.7. The number of halogens is 2. The molecule has 1 aliphatic heterocycles. The van der Waals surface area contributed by atoms with Gasteiger partial charge in [-0.05, 0) is 41.6 Å². The average Bonchev–Trinajstić information content (AvgIpc) is 2.65. The third-order valence-electron chi connectivity index (χ3n) is 3.00. The summed E-state index contributed by atoms with van der Waals surface area (Å²) in [5, 5.41) is 6.75. The van der Waals surface area contributed by atoms with Crippen molar-refractivity contribution in [2.45, 2.75) is 32.2 Å². The van der Waals surface area contributed by atoms with Crippen molar-refractivity contribution in [2.24, 2.45) is 5.92 Å². The molecule has 1 aromatic heterocycles. The van der Waals surface area contributed by atoms with E-state index in [-0.39, 0.29) is 11.6 Å². The molecule has 4 heteroatoms. The second-order valence-electron chi connectivity index (χ2n) is 4.22. The zero-order valence-corrected chi connectivity index (χ0v) is 9.49. The molecule has 2 heterocycles. The predicted octanol–water partition coefficient (Wildman–Crippen LogP) is 3.75. The molecule has 0 aromatic carbocycles. The third-order valence-corrected chi connectivity index (χ3v) is 3.78. The van der Waals surface area contributed by atoms with Crippen molar-refractivity contribution in [2.75, 3.05) is 6.54 Å². The van der Waals surface area contributed by atoms with Crippen LogP contribution in [0.2, 0.25) is 0 Å². The second-order valence-corrected chi connectivity index (χ2v) is 4.96. The lowest BCUT2D eigenvalue weighted by atomic mass is 9.90. The molecule has 2 unspecified atom stereocenters. The number of hydrogen-bond acceptors (Lipinski definition) is 2. The van der Waals surface area contributed by atoms with E-state index in [4.69, 9.17) is 0 Å². The summed E-state index contributed by atoms with van der Waals surface area (Å²) < 4.78 is 25.4. The first-order chi connectivity index (χ1) is 7.18. The summed E-state index contributed by atoms with van der Waals surface area (Å²) in [7, 11) is 0. The molecule has 1 aliphatic rings. The topological polar surface area (TPSA) is 12.0 Å². The minimum absolute atomic E-state index is 0.129. The molecule has 0 amide bonds. The lowest BCUT2D eigenvalue weighted by Gasteiger charge is -2.28. The highest BCUT2D eigenvalue weighted by atomic mass is 32.1. The highest BCUT2D eigenvalue weighted by Crippen LogP contribution is 2.35. The van der Waals surface area contributed by atoms with Crippen molar-refractivity contribution in [1.29, 1.82) is 0 Å². The van der Waals surface area contributed by atoms with Crippen LogP contribution in [0.3, 0.4) is 0 Å². The van der Waals surface area contributed by atoms with Crippen molar-refractivity contribution >= 4 is 11.3 Å². The summed E-state index contributed by atoms with van der Waals surface area (Å²) in [5.74, 6) is 0.627. The quantitative estimate of drug-likeness (QED) is 0.817. The van der Waals surface area contributed by atoms with Gasteiger partial charge in [0.1, 0.15) is 0 Å². The van der Waals surface area contributed by atoms with Crippen molar-refractivity contribution in [1.82, 2.24) is 5.32 Å². The number of thiophene rings is 1. The smallest absolute Gasteiger partial charge is 0.264 e. The summed E-state index contributed by atoms with van der Waals surface area (Å²) in [6.45, 7) is 3.12. The molecule has 0 bridgehead atoms. The number of rotatable bonds is 2. The summed E-state index contributed by atoms with van der Waals surface area (Å²) in [6, 6.07) is 0.129. The van der Waals surface area contributed by atoms with Crippen LogP contribution in [0.5, 0.6) is 0 Å². The molecule has 0 spiro atoms. The summed E-state index contributed by atoms with van der Waals surface area (Å²) >= 11 is 1.37. The van der Waals surface area contributed by atoms with Crippen molar-refractivity contribution in [3.05, 3.63) is 21.9 Å². The Balaban J connectivity index is 2.17. The molecule has 0 saturated carbocycles. The van der Waals surface area contributed by atoms with Gasteiger partial charge in [0, 0.05) is 11.6 Å². The van der Waals surface area contributed by atoms with Crippen LogP contribution in [-0.4, -0.2) is 6.54 Å². The lowest BCUT2D eigenvalue weighted by molar-refractivity contribution is 0.149. The van der Waals surface area contributed by atoms with Crippen LogP contribution >= 0.6 is 11.3 Å². The molecule has 0 aliphatic carbocycles. The normalized spacial score (nSPS) is 27.2. The Morgan fingerprint density at radius 3 is 2.93 bits per heavy atom. The number of alkyl halides is 2. The first-order valence-corrected chi connectivity index (χ1v) is 6.20. The highest BCUT2D eigenvalue weighted by Gasteiger charge is 2.25. The van der Waals surface area contributed by atoms with Crippen LogP contribution in [0.15, 0.2) is 10.8 Å². The monoisotopic (exact) mass is 231 g/mol. The molecule has 1 aromatic rings. The first-order valence-electron chi connectivity index (χ1n) is 5.26. The van der Waals surface area contributed by atoms with Crippen molar-refractivity contribution < 1.29 is 8.78 Å². The number of nitrogens with one attached hydrogen (secondary N) is 1. The van der Waals surface area contributed by atoms with Gasteiger partial charge in [-0.2, -0.15) is 11.3 Å². The fraction of sp³-hybridized carbons (Fsp3) is 0.636. The van der Waals surface area contributed by atoms with Gasteiger partial charge >= 0.3 is 0 Å². The molecular weight excluding hydrogens is 216 g/mol. The van der Waals surface area contributed by atoms with Gasteiger partial charge < -0.3 is 5.32 Å². The van der Waals surface area contributed by atoms with Gasteiger partial charge in [0.05, 0.1) is 0 Å². The Labute approximate surface area is 92.5 Å². The molecule has 1 nitrogen and oxygen atoms in total. The molecule has 1 saturated heterocycles. The highest BCUT2D eigenvalue weighted by molar-refractivity contribution is 7.08. The molecule has 2 atom stereocenters. The van der Waals surface area contributed by atoms with Crippen molar-refractivity contribution in [3.8, 4) is 0 Å². The lowest BCUT2D eigenvalue weighted by Crippen LogP contribution is -2.31. The minimum atomic E-state index is -2.34. The zero-order chi connectivity index (χ0) is 10.8. The molecule has 15 heavy (non-hydrogen) atoms. The van der Waals surface area contributed by atoms with E-state index in [1.165, 1.54) is 11.3 Å². The van der Waals surface area contributed by atoms with E-state index >= 15 is 0 Å². The maximum absolute atomic E-state index is 12.7. The SMILES string of the molecule is CC1CCNC(c2cscc2C(F)F)C1. The Kier molecular flexibility index (Phi) is 3.36. The van der Waals surface area contributed by atoms with Gasteiger partial charge in [-0.25, -0.2) is 8.78 Å². The van der Waals surface area contributed by atoms with E-state index in [1.54, 1.807) is 5.38 Å². The van der Waals surface area contributed by atoms with Crippen LogP contribution in [0.25, 0.3) is 0 Å². The minimum Gasteiger partial charge on any atom is -0.310 e. The summed E-state index contributed by atoms with van der Waals surface area (Å²) in [4.78, 5) is 0. The van der Waals surface area contributed by atoms with Gasteiger partial charge in [-0.1, -0.05) is 6.92 Å². The molecular formula is C11H15F2NS. The van der Waals surface area contributed by atoms with E-state index in [9.17, 15) is 8.78 Å². The Morgan fingerprint density at radius 2 is 2.27 bits per heavy atom. The molecule has 1 fully saturated rings. The fourth-order valence-electron chi connectivity index (χ4n) is 2.12. The van der Waals surface area contributed by atoms with Gasteiger partial charge in [-0.15, -0.1) is 0 Å². The first kappa shape index (κ1) is 11.0. The van der Waals surface area contributed by atoms with E-state index in [0.29, 0.717) is 5.92 Å². The van der Waals surface area contributed by atoms with Gasteiger partial charge in [0.15, 0.2) is 0 Å². The van der Waals surface area contributed by atoms with E-state index in [0.717, 1.165) is 24.9 Å².